The molecular weight excluding hydrogens is 503 g/mol. The molecule has 11 aromatic carbocycles. The Morgan fingerprint density at radius 2 is 0.553 bits per heavy atom. The molecule has 0 aliphatic heterocycles. The zero-order chi connectivity index (χ0) is 24.6. The molecule has 0 nitrogen and oxygen atoms in total. The summed E-state index contributed by atoms with van der Waals surface area (Å²) < 4.78 is 0. The Kier molecular flexibility index (Phi) is 2.91. The van der Waals surface area contributed by atoms with Crippen LogP contribution in [0.2, 0.25) is 10.0 Å². The monoisotopic (exact) mass is 516 g/mol. The molecule has 0 aromatic heterocycles. The van der Waals surface area contributed by atoms with E-state index in [2.05, 4.69) is 78.9 Å². The molecule has 0 fully saturated rings. The van der Waals surface area contributed by atoms with E-state index in [0.717, 1.165) is 5.39 Å². The smallest absolute Gasteiger partial charge is 0.0677 e. The van der Waals surface area contributed by atoms with Gasteiger partial charge < -0.3 is 0 Å². The molecule has 172 valence electrons. The fourth-order valence-corrected chi connectivity index (χ4v) is 8.36. The third kappa shape index (κ3) is 1.75. The fraction of sp³-hybridized carbons (Fsp3) is 0. The molecule has 0 spiro atoms. The summed E-state index contributed by atoms with van der Waals surface area (Å²) in [7, 11) is 0. The van der Waals surface area contributed by atoms with Gasteiger partial charge in [-0.15, -0.1) is 0 Å². The van der Waals surface area contributed by atoms with Crippen LogP contribution in [0.1, 0.15) is 0 Å². The summed E-state index contributed by atoms with van der Waals surface area (Å²) in [5.41, 5.74) is 0. The van der Waals surface area contributed by atoms with Crippen molar-refractivity contribution in [2.75, 3.05) is 0 Å². The summed E-state index contributed by atoms with van der Waals surface area (Å²) in [4.78, 5) is 0. The van der Waals surface area contributed by atoms with E-state index in [0.29, 0.717) is 10.0 Å². The fourth-order valence-electron chi connectivity index (χ4n) is 7.95. The Morgan fingerprint density at radius 3 is 1.03 bits per heavy atom. The van der Waals surface area contributed by atoms with Gasteiger partial charge in [-0.2, -0.15) is 0 Å². The normalized spacial score (nSPS) is 13.5. The standard InChI is InChI=1S/C36H14Cl2/c37-26-14-13-25-24-12-11-23-22-10-9-21-20-8-7-19-18-6-5-17-15-3-1-2-4-16(15)27(17)28(18)29(19)30(20)31(21)32(22)33(23)34(24)35(25)36(26)38/h1-14H. The molecule has 0 atom stereocenters. The van der Waals surface area contributed by atoms with Crippen LogP contribution < -0.4 is 0 Å². The average Bonchev–Trinajstić information content (AvgIpc) is 2.91. The Bertz CT molecular complexity index is 2770. The van der Waals surface area contributed by atoms with Gasteiger partial charge in [-0.25, -0.2) is 0 Å². The van der Waals surface area contributed by atoms with Gasteiger partial charge >= 0.3 is 0 Å². The zero-order valence-corrected chi connectivity index (χ0v) is 21.4. The molecule has 2 heteroatoms. The first kappa shape index (κ1) is 19.0. The molecular formula is C36H14Cl2. The largest absolute Gasteiger partial charge is 0.0827 e. The number of fused-ring (bicyclic) bond motifs is 24. The second kappa shape index (κ2) is 5.81. The maximum absolute atomic E-state index is 6.76. The predicted molar refractivity (Wildman–Crippen MR) is 167 cm³/mol. The summed E-state index contributed by atoms with van der Waals surface area (Å²) in [6.07, 6.45) is 0. The maximum Gasteiger partial charge on any atom is 0.0677 e. The van der Waals surface area contributed by atoms with Gasteiger partial charge in [0, 0.05) is 10.8 Å². The highest BCUT2D eigenvalue weighted by Crippen LogP contribution is 2.57. The van der Waals surface area contributed by atoms with E-state index in [9.17, 15) is 0 Å². The van der Waals surface area contributed by atoms with Crippen molar-refractivity contribution in [1.82, 2.24) is 0 Å². The Morgan fingerprint density at radius 1 is 0.263 bits per heavy atom. The van der Waals surface area contributed by atoms with Crippen molar-refractivity contribution in [3.8, 4) is 0 Å². The second-order valence-corrected chi connectivity index (χ2v) is 11.8. The molecule has 0 N–H and O–H groups in total. The topological polar surface area (TPSA) is 0 Å². The van der Waals surface area contributed by atoms with Crippen LogP contribution in [0.3, 0.4) is 0 Å². The first-order chi connectivity index (χ1) is 18.7. The molecule has 0 aliphatic carbocycles. The lowest BCUT2D eigenvalue weighted by atomic mass is 9.76. The predicted octanol–water partition coefficient (Wildman–Crippen LogP) is 11.7. The van der Waals surface area contributed by atoms with Crippen LogP contribution in [0.25, 0.3) is 108 Å². The lowest BCUT2D eigenvalue weighted by Crippen LogP contribution is -1.98. The van der Waals surface area contributed by atoms with E-state index in [-0.39, 0.29) is 0 Å². The highest BCUT2D eigenvalue weighted by atomic mass is 35.5. The van der Waals surface area contributed by atoms with E-state index in [1.54, 1.807) is 0 Å². The van der Waals surface area contributed by atoms with E-state index >= 15 is 0 Å². The van der Waals surface area contributed by atoms with Crippen molar-refractivity contribution in [3.05, 3.63) is 95.0 Å². The van der Waals surface area contributed by atoms with Crippen molar-refractivity contribution in [1.29, 1.82) is 0 Å². The molecule has 0 saturated carbocycles. The Hall–Kier alpha value is -4.10. The summed E-state index contributed by atoms with van der Waals surface area (Å²) in [5.74, 6) is 0. The molecule has 11 aromatic rings. The van der Waals surface area contributed by atoms with Crippen LogP contribution in [-0.2, 0) is 0 Å². The lowest BCUT2D eigenvalue weighted by molar-refractivity contribution is 1.80. The van der Waals surface area contributed by atoms with Crippen molar-refractivity contribution in [3.63, 3.8) is 0 Å². The molecule has 0 aliphatic rings. The number of hydrogen-bond donors (Lipinski definition) is 0. The molecule has 38 heavy (non-hydrogen) atoms. The van der Waals surface area contributed by atoms with Crippen LogP contribution in [0.4, 0.5) is 0 Å². The van der Waals surface area contributed by atoms with Crippen molar-refractivity contribution in [2.45, 2.75) is 0 Å². The van der Waals surface area contributed by atoms with Crippen LogP contribution in [0.15, 0.2) is 84.9 Å². The lowest BCUT2D eigenvalue weighted by Gasteiger charge is -2.27. The maximum atomic E-state index is 6.76. The minimum absolute atomic E-state index is 0.621. The van der Waals surface area contributed by atoms with E-state index in [1.807, 2.05) is 6.07 Å². The summed E-state index contributed by atoms with van der Waals surface area (Å²) in [5, 5.41) is 28.4. The quantitative estimate of drug-likeness (QED) is 0.188. The third-order valence-electron chi connectivity index (χ3n) is 9.56. The molecule has 0 unspecified atom stereocenters. The first-order valence-corrected chi connectivity index (χ1v) is 13.8. The third-order valence-corrected chi connectivity index (χ3v) is 10.4. The van der Waals surface area contributed by atoms with Gasteiger partial charge in [-0.1, -0.05) is 102 Å². The van der Waals surface area contributed by atoms with Gasteiger partial charge in [0.25, 0.3) is 0 Å². The van der Waals surface area contributed by atoms with Crippen LogP contribution >= 0.6 is 23.2 Å². The molecule has 0 saturated heterocycles. The minimum Gasteiger partial charge on any atom is -0.0827 e. The Balaban J connectivity index is 1.36. The Labute approximate surface area is 225 Å². The molecule has 0 heterocycles. The molecule has 0 bridgehead atoms. The zero-order valence-electron chi connectivity index (χ0n) is 19.8. The summed E-state index contributed by atoms with van der Waals surface area (Å²) in [6, 6.07) is 31.3. The van der Waals surface area contributed by atoms with Gasteiger partial charge in [0.2, 0.25) is 0 Å². The number of halogens is 2. The van der Waals surface area contributed by atoms with E-state index < -0.39 is 0 Å². The van der Waals surface area contributed by atoms with Crippen LogP contribution in [0, 0.1) is 0 Å². The first-order valence-electron chi connectivity index (χ1n) is 13.0. The van der Waals surface area contributed by atoms with Crippen molar-refractivity contribution >= 4 is 131 Å². The minimum atomic E-state index is 0.621. The highest BCUT2D eigenvalue weighted by molar-refractivity contribution is 6.57. The highest BCUT2D eigenvalue weighted by Gasteiger charge is 2.28. The number of benzene rings is 6. The van der Waals surface area contributed by atoms with Gasteiger partial charge in [0.1, 0.15) is 0 Å². The SMILES string of the molecule is Clc1ccc2c3ccc4c5ccc6c7ccc8c9ccc%10c%11ccccc%11c%10c9c8c7c6c5c4c3c2c1Cl. The molecule has 11 rings (SSSR count). The summed E-state index contributed by atoms with van der Waals surface area (Å²) in [6.45, 7) is 0. The van der Waals surface area contributed by atoms with Crippen molar-refractivity contribution < 1.29 is 0 Å². The summed E-state index contributed by atoms with van der Waals surface area (Å²) >= 11 is 13.2. The van der Waals surface area contributed by atoms with Gasteiger partial charge in [0.15, 0.2) is 0 Å². The number of rotatable bonds is 0. The number of hydrogen-bond acceptors (Lipinski definition) is 0. The van der Waals surface area contributed by atoms with Crippen LogP contribution in [-0.4, -0.2) is 0 Å². The van der Waals surface area contributed by atoms with E-state index in [4.69, 9.17) is 23.2 Å². The van der Waals surface area contributed by atoms with Gasteiger partial charge in [0.05, 0.1) is 10.0 Å². The van der Waals surface area contributed by atoms with E-state index in [1.165, 1.54) is 102 Å². The van der Waals surface area contributed by atoms with Crippen LogP contribution in [0.5, 0.6) is 0 Å². The van der Waals surface area contributed by atoms with Crippen molar-refractivity contribution in [2.24, 2.45) is 0 Å². The average molecular weight is 517 g/mol. The second-order valence-electron chi connectivity index (χ2n) is 11.0. The van der Waals surface area contributed by atoms with Gasteiger partial charge in [-0.3, -0.25) is 0 Å². The molecule has 0 radical (unpaired) electrons. The van der Waals surface area contributed by atoms with Gasteiger partial charge in [-0.05, 0) is 103 Å². The molecule has 0 amide bonds.